The third-order valence-electron chi connectivity index (χ3n) is 4.66. The molecule has 1 heterocycles. The molecule has 0 unspecified atom stereocenters. The average molecular weight is 502 g/mol. The first kappa shape index (κ1) is 25.1. The Kier molecular flexibility index (Phi) is 8.50. The van der Waals surface area contributed by atoms with Gasteiger partial charge in [-0.15, -0.1) is 24.0 Å². The Morgan fingerprint density at radius 3 is 2.71 bits per heavy atom. The van der Waals surface area contributed by atoms with Gasteiger partial charge in [-0.1, -0.05) is 12.1 Å². The van der Waals surface area contributed by atoms with E-state index in [1.165, 1.54) is 16.2 Å². The lowest BCUT2D eigenvalue weighted by molar-refractivity contribution is -0.137. The molecule has 3 N–H and O–H groups in total. The molecule has 0 saturated carbocycles. The molecule has 9 nitrogen and oxygen atoms in total. The van der Waals surface area contributed by atoms with Crippen molar-refractivity contribution in [3.8, 4) is 0 Å². The first-order valence-electron chi connectivity index (χ1n) is 10.3. The van der Waals surface area contributed by atoms with Crippen molar-refractivity contribution in [2.75, 3.05) is 29.9 Å². The van der Waals surface area contributed by atoms with Crippen LogP contribution in [0.5, 0.6) is 0 Å². The molecule has 1 aromatic heterocycles. The van der Waals surface area contributed by atoms with E-state index in [0.717, 1.165) is 16.3 Å². The number of aromatic nitrogens is 1. The van der Waals surface area contributed by atoms with Gasteiger partial charge in [0.2, 0.25) is 5.91 Å². The Hall–Kier alpha value is -3.57. The number of fused-ring (bicyclic) bond motifs is 1. The molecule has 2 aromatic carbocycles. The maximum Gasteiger partial charge on any atom is 0.334 e. The van der Waals surface area contributed by atoms with Crippen LogP contribution >= 0.6 is 24.0 Å². The normalized spacial score (nSPS) is 11.3. The number of rotatable bonds is 10. The quantitative estimate of drug-likeness (QED) is 0.142. The number of aliphatic hydroxyl groups excluding tert-OH is 1. The van der Waals surface area contributed by atoms with E-state index in [1.807, 2.05) is 0 Å². The third kappa shape index (κ3) is 6.72. The Balaban J connectivity index is 1.75. The van der Waals surface area contributed by atoms with Crippen molar-refractivity contribution in [1.82, 2.24) is 4.98 Å². The van der Waals surface area contributed by atoms with Crippen molar-refractivity contribution in [3.63, 3.8) is 0 Å². The number of carbonyl (C=O) groups excluding carboxylic acids is 2. The molecule has 0 aliphatic carbocycles. The maximum absolute atomic E-state index is 12.6. The standard InChI is InChI=1S/C23H23N3O6S2/c1-2-32-22(31)12-18(27)15-5-3-4-6-17(15)26(13-21(29)30)10-9-20(28)24-14-7-8-16-19(11-14)34-23(33)25-16/h3-8,11-12,27H,2,9-10,13H2,1H3,(H,24,28)(H,25,33)(H,29,30)/b18-12-. The number of thiol groups is 1. The monoisotopic (exact) mass is 501 g/mol. The highest BCUT2D eigenvalue weighted by atomic mass is 32.2. The molecule has 3 rings (SSSR count). The number of aliphatic hydroxyl groups is 1. The first-order valence-corrected chi connectivity index (χ1v) is 11.6. The van der Waals surface area contributed by atoms with E-state index >= 15 is 0 Å². The molecule has 0 fully saturated rings. The molecule has 0 radical (unpaired) electrons. The summed E-state index contributed by atoms with van der Waals surface area (Å²) >= 11 is 5.63. The summed E-state index contributed by atoms with van der Waals surface area (Å²) in [5, 5.41) is 22.6. The fourth-order valence-corrected chi connectivity index (χ4v) is 4.39. The van der Waals surface area contributed by atoms with Crippen molar-refractivity contribution >= 4 is 69.2 Å². The number of carboxylic acid groups (broad SMARTS) is 1. The molecule has 0 saturated heterocycles. The van der Waals surface area contributed by atoms with E-state index < -0.39 is 18.5 Å². The summed E-state index contributed by atoms with van der Waals surface area (Å²) in [6, 6.07) is 11.8. The van der Waals surface area contributed by atoms with Crippen LogP contribution in [0, 0.1) is 0 Å². The number of esters is 1. The van der Waals surface area contributed by atoms with Gasteiger partial charge in [0.1, 0.15) is 16.6 Å². The second-order valence-corrected chi connectivity index (χ2v) is 8.85. The Labute approximate surface area is 205 Å². The highest BCUT2D eigenvalue weighted by Crippen LogP contribution is 2.28. The fraction of sp³-hybridized carbons (Fsp3) is 0.217. The van der Waals surface area contributed by atoms with Gasteiger partial charge in [-0.25, -0.2) is 9.78 Å². The highest BCUT2D eigenvalue weighted by molar-refractivity contribution is 7.82. The van der Waals surface area contributed by atoms with E-state index in [-0.39, 0.29) is 36.8 Å². The first-order chi connectivity index (χ1) is 16.3. The highest BCUT2D eigenvalue weighted by Gasteiger charge is 2.18. The van der Waals surface area contributed by atoms with Crippen molar-refractivity contribution in [1.29, 1.82) is 0 Å². The summed E-state index contributed by atoms with van der Waals surface area (Å²) in [5.74, 6) is -2.51. The Morgan fingerprint density at radius 2 is 1.97 bits per heavy atom. The van der Waals surface area contributed by atoms with Crippen LogP contribution in [0.3, 0.4) is 0 Å². The lowest BCUT2D eigenvalue weighted by Crippen LogP contribution is -2.33. The Morgan fingerprint density at radius 1 is 1.21 bits per heavy atom. The molecular formula is C23H23N3O6S2. The van der Waals surface area contributed by atoms with Gasteiger partial charge in [0.05, 0.1) is 22.9 Å². The second kappa shape index (κ2) is 11.5. The molecule has 11 heteroatoms. The van der Waals surface area contributed by atoms with Gasteiger partial charge in [-0.2, -0.15) is 0 Å². The van der Waals surface area contributed by atoms with Crippen molar-refractivity contribution < 1.29 is 29.3 Å². The molecule has 178 valence electrons. The number of benzene rings is 2. The van der Waals surface area contributed by atoms with Crippen LogP contribution in [0.1, 0.15) is 18.9 Å². The lowest BCUT2D eigenvalue weighted by atomic mass is 10.1. The Bertz CT molecular complexity index is 1240. The van der Waals surface area contributed by atoms with Gasteiger partial charge in [-0.05, 0) is 37.3 Å². The topological polar surface area (TPSA) is 129 Å². The number of carbonyl (C=O) groups is 3. The zero-order valence-electron chi connectivity index (χ0n) is 18.2. The smallest absolute Gasteiger partial charge is 0.334 e. The van der Waals surface area contributed by atoms with Crippen LogP contribution in [-0.2, 0) is 19.1 Å². The summed E-state index contributed by atoms with van der Waals surface area (Å²) in [5.41, 5.74) is 1.99. The van der Waals surface area contributed by atoms with Crippen molar-refractivity contribution in [2.24, 2.45) is 0 Å². The number of nitrogens with zero attached hydrogens (tertiary/aromatic N) is 2. The minimum absolute atomic E-state index is 0.0114. The molecule has 0 atom stereocenters. The number of amides is 1. The van der Waals surface area contributed by atoms with Crippen LogP contribution in [-0.4, -0.2) is 52.7 Å². The molecule has 0 bridgehead atoms. The predicted molar refractivity (Wildman–Crippen MR) is 134 cm³/mol. The zero-order chi connectivity index (χ0) is 24.7. The second-order valence-electron chi connectivity index (χ2n) is 7.09. The number of nitrogens with one attached hydrogen (secondary N) is 1. The van der Waals surface area contributed by atoms with Crippen LogP contribution in [0.25, 0.3) is 16.0 Å². The van der Waals surface area contributed by atoms with E-state index in [9.17, 15) is 24.6 Å². The van der Waals surface area contributed by atoms with Crippen LogP contribution in [0.4, 0.5) is 11.4 Å². The van der Waals surface area contributed by atoms with Gasteiger partial charge in [0.25, 0.3) is 0 Å². The molecule has 1 amide bonds. The minimum Gasteiger partial charge on any atom is -0.507 e. The molecule has 0 aliphatic heterocycles. The fourth-order valence-electron chi connectivity index (χ4n) is 3.24. The van der Waals surface area contributed by atoms with Gasteiger partial charge >= 0.3 is 11.9 Å². The number of anilines is 2. The summed E-state index contributed by atoms with van der Waals surface area (Å²) in [6.07, 6.45) is 0.919. The van der Waals surface area contributed by atoms with Gasteiger partial charge < -0.3 is 25.2 Å². The molecule has 0 spiro atoms. The largest absolute Gasteiger partial charge is 0.507 e. The van der Waals surface area contributed by atoms with Gasteiger partial charge in [0, 0.05) is 29.9 Å². The van der Waals surface area contributed by atoms with E-state index in [1.54, 1.807) is 49.4 Å². The van der Waals surface area contributed by atoms with E-state index in [4.69, 9.17) is 4.74 Å². The molecular weight excluding hydrogens is 478 g/mol. The summed E-state index contributed by atoms with van der Waals surface area (Å²) < 4.78 is 6.33. The number of ether oxygens (including phenoxy) is 1. The van der Waals surface area contributed by atoms with Crippen molar-refractivity contribution in [2.45, 2.75) is 17.7 Å². The van der Waals surface area contributed by atoms with Crippen molar-refractivity contribution in [3.05, 3.63) is 54.1 Å². The molecule has 3 aromatic rings. The average Bonchev–Trinajstić information content (AvgIpc) is 3.15. The maximum atomic E-state index is 12.6. The summed E-state index contributed by atoms with van der Waals surface area (Å²) in [4.78, 5) is 41.5. The summed E-state index contributed by atoms with van der Waals surface area (Å²) in [6.45, 7) is 1.44. The minimum atomic E-state index is -1.11. The van der Waals surface area contributed by atoms with Crippen LogP contribution in [0.2, 0.25) is 0 Å². The number of hydrogen-bond donors (Lipinski definition) is 4. The van der Waals surface area contributed by atoms with Crippen LogP contribution < -0.4 is 10.2 Å². The molecule has 34 heavy (non-hydrogen) atoms. The number of hydrogen-bond acceptors (Lipinski definition) is 9. The number of aliphatic carboxylic acids is 1. The summed E-state index contributed by atoms with van der Waals surface area (Å²) in [7, 11) is 0. The number of thiazole rings is 1. The van der Waals surface area contributed by atoms with Gasteiger partial charge in [-0.3, -0.25) is 9.59 Å². The van der Waals surface area contributed by atoms with E-state index in [2.05, 4.69) is 22.9 Å². The lowest BCUT2D eigenvalue weighted by Gasteiger charge is -2.25. The van der Waals surface area contributed by atoms with E-state index in [0.29, 0.717) is 15.7 Å². The van der Waals surface area contributed by atoms with Gasteiger partial charge in [0.15, 0.2) is 0 Å². The SMILES string of the molecule is CCOC(=O)/C=C(\O)c1ccccc1N(CCC(=O)Nc1ccc2nc(S)sc2c1)CC(=O)O. The van der Waals surface area contributed by atoms with Crippen LogP contribution in [0.15, 0.2) is 52.9 Å². The number of carboxylic acids is 1. The molecule has 0 aliphatic rings. The third-order valence-corrected chi connectivity index (χ3v) is 5.85. The predicted octanol–water partition coefficient (Wildman–Crippen LogP) is 3.97. The zero-order valence-corrected chi connectivity index (χ0v) is 19.9. The number of para-hydroxylation sites is 1.